The summed E-state index contributed by atoms with van der Waals surface area (Å²) in [5.41, 5.74) is 1.50. The van der Waals surface area contributed by atoms with Gasteiger partial charge in [-0.2, -0.15) is 0 Å². The minimum atomic E-state index is -0.363. The Morgan fingerprint density at radius 3 is 1.96 bits per heavy atom. The molecule has 1 aliphatic heterocycles. The third kappa shape index (κ3) is 3.29. The van der Waals surface area contributed by atoms with Crippen molar-refractivity contribution in [3.05, 3.63) is 100 Å². The molecule has 3 aromatic rings. The molecule has 4 rings (SSSR count). The zero-order valence-corrected chi connectivity index (χ0v) is 15.7. The summed E-state index contributed by atoms with van der Waals surface area (Å²) >= 11 is 7.56. The van der Waals surface area contributed by atoms with Crippen LogP contribution in [-0.4, -0.2) is 11.8 Å². The number of halogens is 1. The second kappa shape index (κ2) is 7.43. The summed E-state index contributed by atoms with van der Waals surface area (Å²) in [5.74, 6) is -0.724. The fourth-order valence-electron chi connectivity index (χ4n) is 2.92. The molecule has 3 nitrogen and oxygen atoms in total. The standard InChI is InChI=1S/C22H14ClNO2S/c23-17-13-7-8-14-18(17)24-21(25)19(15-9-3-1-4-10-15)20(22(24)26)27-16-11-5-2-6-12-16/h1-14H. The summed E-state index contributed by atoms with van der Waals surface area (Å²) < 4.78 is 0. The van der Waals surface area contributed by atoms with Gasteiger partial charge in [-0.25, -0.2) is 4.90 Å². The van der Waals surface area contributed by atoms with Crippen LogP contribution in [0.25, 0.3) is 5.57 Å². The molecule has 132 valence electrons. The van der Waals surface area contributed by atoms with Gasteiger partial charge in [0.05, 0.1) is 21.2 Å². The fourth-order valence-corrected chi connectivity index (χ4v) is 4.16. The normalized spacial score (nSPS) is 14.2. The predicted octanol–water partition coefficient (Wildman–Crippen LogP) is 5.42. The van der Waals surface area contributed by atoms with Crippen LogP contribution in [0.2, 0.25) is 5.02 Å². The van der Waals surface area contributed by atoms with Crippen LogP contribution in [0.4, 0.5) is 5.69 Å². The number of para-hydroxylation sites is 1. The molecule has 5 heteroatoms. The number of nitrogens with zero attached hydrogens (tertiary/aromatic N) is 1. The third-order valence-corrected chi connectivity index (χ3v) is 5.57. The van der Waals surface area contributed by atoms with Gasteiger partial charge in [0.15, 0.2) is 0 Å². The molecule has 0 radical (unpaired) electrons. The van der Waals surface area contributed by atoms with Crippen molar-refractivity contribution in [2.24, 2.45) is 0 Å². The molecule has 0 aliphatic carbocycles. The van der Waals surface area contributed by atoms with Crippen molar-refractivity contribution >= 4 is 46.4 Å². The molecule has 3 aromatic carbocycles. The summed E-state index contributed by atoms with van der Waals surface area (Å²) in [5, 5.41) is 0.359. The Kier molecular flexibility index (Phi) is 4.84. The second-order valence-corrected chi connectivity index (χ2v) is 7.37. The number of hydrogen-bond acceptors (Lipinski definition) is 3. The molecule has 1 heterocycles. The maximum absolute atomic E-state index is 13.2. The molecular weight excluding hydrogens is 378 g/mol. The predicted molar refractivity (Wildman–Crippen MR) is 110 cm³/mol. The van der Waals surface area contributed by atoms with E-state index in [2.05, 4.69) is 0 Å². The quantitative estimate of drug-likeness (QED) is 0.557. The second-order valence-electron chi connectivity index (χ2n) is 5.88. The summed E-state index contributed by atoms with van der Waals surface area (Å²) in [7, 11) is 0. The first-order chi connectivity index (χ1) is 13.2. The van der Waals surface area contributed by atoms with Gasteiger partial charge in [-0.05, 0) is 29.8 Å². The molecule has 0 fully saturated rings. The van der Waals surface area contributed by atoms with Gasteiger partial charge >= 0.3 is 0 Å². The maximum Gasteiger partial charge on any atom is 0.272 e. The van der Waals surface area contributed by atoms with Crippen molar-refractivity contribution in [1.29, 1.82) is 0 Å². The maximum atomic E-state index is 13.2. The first-order valence-electron chi connectivity index (χ1n) is 8.33. The highest BCUT2D eigenvalue weighted by atomic mass is 35.5. The largest absolute Gasteiger partial charge is 0.272 e. The average Bonchev–Trinajstić information content (AvgIpc) is 2.94. The van der Waals surface area contributed by atoms with Crippen LogP contribution in [0.3, 0.4) is 0 Å². The van der Waals surface area contributed by atoms with E-state index < -0.39 is 0 Å². The fraction of sp³-hybridized carbons (Fsp3) is 0. The van der Waals surface area contributed by atoms with Crippen molar-refractivity contribution in [2.75, 3.05) is 4.90 Å². The molecule has 0 bridgehead atoms. The molecule has 0 saturated carbocycles. The number of amides is 2. The van der Waals surface area contributed by atoms with Gasteiger partial charge in [0.1, 0.15) is 0 Å². The monoisotopic (exact) mass is 391 g/mol. The highest BCUT2D eigenvalue weighted by Gasteiger charge is 2.41. The van der Waals surface area contributed by atoms with E-state index in [0.29, 0.717) is 26.8 Å². The Bertz CT molecular complexity index is 1050. The summed E-state index contributed by atoms with van der Waals surface area (Å²) in [6.07, 6.45) is 0. The number of rotatable bonds is 4. The van der Waals surface area contributed by atoms with Crippen LogP contribution in [0.5, 0.6) is 0 Å². The van der Waals surface area contributed by atoms with E-state index in [1.54, 1.807) is 24.3 Å². The van der Waals surface area contributed by atoms with E-state index >= 15 is 0 Å². The molecule has 0 N–H and O–H groups in total. The third-order valence-electron chi connectivity index (χ3n) is 4.16. The number of anilines is 1. The number of thioether (sulfide) groups is 1. The SMILES string of the molecule is O=C1C(Sc2ccccc2)=C(c2ccccc2)C(=O)N1c1ccccc1Cl. The number of benzene rings is 3. The first kappa shape index (κ1) is 17.6. The van der Waals surface area contributed by atoms with Gasteiger partial charge < -0.3 is 0 Å². The van der Waals surface area contributed by atoms with Gasteiger partial charge in [-0.1, -0.05) is 84.0 Å². The highest BCUT2D eigenvalue weighted by molar-refractivity contribution is 8.04. The lowest BCUT2D eigenvalue weighted by molar-refractivity contribution is -0.119. The highest BCUT2D eigenvalue weighted by Crippen LogP contribution is 2.42. The molecule has 27 heavy (non-hydrogen) atoms. The van der Waals surface area contributed by atoms with E-state index in [-0.39, 0.29) is 11.8 Å². The lowest BCUT2D eigenvalue weighted by atomic mass is 10.1. The Hall–Kier alpha value is -2.82. The lowest BCUT2D eigenvalue weighted by Gasteiger charge is -2.16. The van der Waals surface area contributed by atoms with E-state index in [9.17, 15) is 9.59 Å². The first-order valence-corrected chi connectivity index (χ1v) is 9.52. The number of carbonyl (C=O) groups excluding carboxylic acids is 2. The molecule has 0 atom stereocenters. The number of hydrogen-bond donors (Lipinski definition) is 0. The molecule has 0 aromatic heterocycles. The Morgan fingerprint density at radius 1 is 0.704 bits per heavy atom. The van der Waals surface area contributed by atoms with E-state index in [1.165, 1.54) is 11.8 Å². The average molecular weight is 392 g/mol. The summed E-state index contributed by atoms with van der Waals surface area (Å²) in [6, 6.07) is 25.7. The smallest absolute Gasteiger partial charge is 0.268 e. The topological polar surface area (TPSA) is 37.4 Å². The van der Waals surface area contributed by atoms with Crippen molar-refractivity contribution in [1.82, 2.24) is 0 Å². The zero-order chi connectivity index (χ0) is 18.8. The summed E-state index contributed by atoms with van der Waals surface area (Å²) in [4.78, 5) is 28.9. The number of carbonyl (C=O) groups is 2. The van der Waals surface area contributed by atoms with E-state index in [0.717, 1.165) is 9.80 Å². The van der Waals surface area contributed by atoms with Gasteiger partial charge in [0.25, 0.3) is 11.8 Å². The zero-order valence-electron chi connectivity index (χ0n) is 14.1. The molecule has 2 amide bonds. The molecule has 0 spiro atoms. The van der Waals surface area contributed by atoms with Gasteiger partial charge in [0.2, 0.25) is 0 Å². The number of imide groups is 1. The van der Waals surface area contributed by atoms with Gasteiger partial charge in [-0.15, -0.1) is 0 Å². The molecule has 1 aliphatic rings. The van der Waals surface area contributed by atoms with Crippen LogP contribution >= 0.6 is 23.4 Å². The van der Waals surface area contributed by atoms with Crippen LogP contribution < -0.4 is 4.90 Å². The van der Waals surface area contributed by atoms with Crippen LogP contribution in [-0.2, 0) is 9.59 Å². The van der Waals surface area contributed by atoms with E-state index in [4.69, 9.17) is 11.6 Å². The van der Waals surface area contributed by atoms with Gasteiger partial charge in [-0.3, -0.25) is 9.59 Å². The Balaban J connectivity index is 1.84. The lowest BCUT2D eigenvalue weighted by Crippen LogP contribution is -2.31. The Labute approximate surface area is 166 Å². The van der Waals surface area contributed by atoms with Crippen LogP contribution in [0.15, 0.2) is 94.7 Å². The Morgan fingerprint density at radius 2 is 1.30 bits per heavy atom. The molecule has 0 saturated heterocycles. The van der Waals surface area contributed by atoms with Gasteiger partial charge in [0, 0.05) is 4.90 Å². The van der Waals surface area contributed by atoms with Crippen LogP contribution in [0, 0.1) is 0 Å². The van der Waals surface area contributed by atoms with E-state index in [1.807, 2.05) is 60.7 Å². The molecule has 0 unspecified atom stereocenters. The molecular formula is C22H14ClNO2S. The van der Waals surface area contributed by atoms with Crippen molar-refractivity contribution in [2.45, 2.75) is 4.90 Å². The minimum absolute atomic E-state index is 0.359. The minimum Gasteiger partial charge on any atom is -0.268 e. The van der Waals surface area contributed by atoms with Crippen LogP contribution in [0.1, 0.15) is 5.56 Å². The van der Waals surface area contributed by atoms with Crippen molar-refractivity contribution < 1.29 is 9.59 Å². The van der Waals surface area contributed by atoms with Crippen molar-refractivity contribution in [3.8, 4) is 0 Å². The summed E-state index contributed by atoms with van der Waals surface area (Å²) in [6.45, 7) is 0. The van der Waals surface area contributed by atoms with Crippen molar-refractivity contribution in [3.63, 3.8) is 0 Å².